The van der Waals surface area contributed by atoms with E-state index < -0.39 is 5.63 Å². The van der Waals surface area contributed by atoms with Gasteiger partial charge >= 0.3 is 11.6 Å². The molecule has 0 spiro atoms. The Hall–Kier alpha value is -3.87. The Morgan fingerprint density at radius 2 is 1.76 bits per heavy atom. The predicted octanol–water partition coefficient (Wildman–Crippen LogP) is 4.29. The highest BCUT2D eigenvalue weighted by Gasteiger charge is 2.19. The number of nitrogens with one attached hydrogen (secondary N) is 1. The number of aryl methyl sites for hydroxylation is 3. The number of carbonyl (C=O) groups excluding carboxylic acids is 2. The molecule has 0 aliphatic rings. The van der Waals surface area contributed by atoms with Crippen LogP contribution in [0.15, 0.2) is 50.2 Å². The predicted molar refractivity (Wildman–Crippen MR) is 125 cm³/mol. The number of esters is 1. The largest absolute Gasteiger partial charge is 0.463 e. The summed E-state index contributed by atoms with van der Waals surface area (Å²) in [4.78, 5) is 36.2. The summed E-state index contributed by atoms with van der Waals surface area (Å²) in [6.07, 6.45) is 2.21. The Morgan fingerprint density at radius 3 is 2.45 bits per heavy atom. The van der Waals surface area contributed by atoms with E-state index in [-0.39, 0.29) is 18.3 Å². The van der Waals surface area contributed by atoms with Crippen LogP contribution in [0.25, 0.3) is 21.9 Å². The summed E-state index contributed by atoms with van der Waals surface area (Å²) in [6.45, 7) is 7.49. The second kappa shape index (κ2) is 8.94. The van der Waals surface area contributed by atoms with Gasteiger partial charge in [-0.25, -0.2) is 4.79 Å². The summed E-state index contributed by atoms with van der Waals surface area (Å²) in [6, 6.07) is 8.93. The quantitative estimate of drug-likeness (QED) is 0.269. The van der Waals surface area contributed by atoms with Crippen LogP contribution >= 0.6 is 0 Å². The molecule has 1 N–H and O–H groups in total. The fraction of sp³-hybridized carbons (Fsp3) is 0.269. The fourth-order valence-electron chi connectivity index (χ4n) is 4.14. The number of hydrogen-bond donors (Lipinski definition) is 1. The first-order valence-corrected chi connectivity index (χ1v) is 10.7. The minimum atomic E-state index is -0.516. The van der Waals surface area contributed by atoms with E-state index in [0.29, 0.717) is 41.0 Å². The zero-order valence-electron chi connectivity index (χ0n) is 19.0. The van der Waals surface area contributed by atoms with Crippen molar-refractivity contribution in [3.05, 3.63) is 74.8 Å². The summed E-state index contributed by atoms with van der Waals surface area (Å²) in [5.41, 5.74) is 4.59. The number of carbonyl (C=O) groups is 2. The molecule has 1 amide bonds. The maximum absolute atomic E-state index is 12.6. The molecule has 0 unspecified atom stereocenters. The molecule has 2 aromatic carbocycles. The van der Waals surface area contributed by atoms with E-state index >= 15 is 0 Å². The molecule has 0 radical (unpaired) electrons. The molecule has 7 nitrogen and oxygen atoms in total. The summed E-state index contributed by atoms with van der Waals surface area (Å²) in [5, 5.41) is 4.57. The van der Waals surface area contributed by atoms with Gasteiger partial charge in [0.15, 0.2) is 0 Å². The van der Waals surface area contributed by atoms with Gasteiger partial charge in [0.25, 0.3) is 0 Å². The number of rotatable bonds is 6. The molecule has 4 aromatic rings. The summed E-state index contributed by atoms with van der Waals surface area (Å²) in [7, 11) is 0. The van der Waals surface area contributed by atoms with E-state index in [1.54, 1.807) is 18.4 Å². The molecule has 0 aliphatic heterocycles. The van der Waals surface area contributed by atoms with Crippen molar-refractivity contribution in [2.75, 3.05) is 6.54 Å². The van der Waals surface area contributed by atoms with Gasteiger partial charge in [0.1, 0.15) is 16.9 Å². The lowest BCUT2D eigenvalue weighted by molar-refractivity contribution is -0.131. The Morgan fingerprint density at radius 1 is 1.03 bits per heavy atom. The van der Waals surface area contributed by atoms with Crippen LogP contribution in [0.3, 0.4) is 0 Å². The van der Waals surface area contributed by atoms with Gasteiger partial charge in [-0.05, 0) is 67.6 Å². The van der Waals surface area contributed by atoms with Gasteiger partial charge in [-0.3, -0.25) is 9.59 Å². The van der Waals surface area contributed by atoms with Gasteiger partial charge in [0.2, 0.25) is 5.91 Å². The third kappa shape index (κ3) is 4.53. The third-order valence-electron chi connectivity index (χ3n) is 5.73. The smallest absolute Gasteiger partial charge is 0.340 e. The second-order valence-corrected chi connectivity index (χ2v) is 8.20. The molecule has 0 bridgehead atoms. The Balaban J connectivity index is 1.49. The molecular formula is C26H25NO6. The van der Waals surface area contributed by atoms with E-state index in [1.165, 1.54) is 6.92 Å². The second-order valence-electron chi connectivity index (χ2n) is 8.20. The van der Waals surface area contributed by atoms with Crippen LogP contribution in [0.2, 0.25) is 0 Å². The van der Waals surface area contributed by atoms with Crippen molar-refractivity contribution in [2.24, 2.45) is 0 Å². The van der Waals surface area contributed by atoms with Crippen LogP contribution in [-0.4, -0.2) is 18.4 Å². The van der Waals surface area contributed by atoms with Crippen LogP contribution < -0.4 is 15.7 Å². The lowest BCUT2D eigenvalue weighted by atomic mass is 9.99. The highest BCUT2D eigenvalue weighted by Crippen LogP contribution is 2.34. The normalized spacial score (nSPS) is 11.2. The van der Waals surface area contributed by atoms with Crippen LogP contribution in [-0.2, 0) is 22.4 Å². The van der Waals surface area contributed by atoms with Gasteiger partial charge in [-0.15, -0.1) is 0 Å². The van der Waals surface area contributed by atoms with Crippen molar-refractivity contribution in [3.8, 4) is 5.75 Å². The van der Waals surface area contributed by atoms with Crippen molar-refractivity contribution < 1.29 is 23.2 Å². The molecule has 0 saturated carbocycles. The molecule has 4 rings (SSSR count). The van der Waals surface area contributed by atoms with Crippen molar-refractivity contribution in [3.63, 3.8) is 0 Å². The van der Waals surface area contributed by atoms with Gasteiger partial charge in [-0.1, -0.05) is 12.1 Å². The molecule has 0 atom stereocenters. The Bertz CT molecular complexity index is 1430. The molecule has 2 aromatic heterocycles. The third-order valence-corrected chi connectivity index (χ3v) is 5.73. The van der Waals surface area contributed by atoms with Gasteiger partial charge in [0, 0.05) is 18.9 Å². The number of ether oxygens (including phenoxy) is 1. The number of hydrogen-bond acceptors (Lipinski definition) is 6. The number of fused-ring (bicyclic) bond motifs is 3. The first-order valence-electron chi connectivity index (χ1n) is 10.7. The standard InChI is InChI=1S/C26H25NO6/c1-14-11-21-24(25-23(14)15(2)13-31-25)16(3)20(26(30)33-21)12-22(29)27-10-9-18-5-7-19(8-6-18)32-17(4)28/h5-8,11,13H,9-10,12H2,1-4H3,(H,27,29). The van der Waals surface area contributed by atoms with Gasteiger partial charge < -0.3 is 18.9 Å². The van der Waals surface area contributed by atoms with Crippen LogP contribution in [0.5, 0.6) is 5.75 Å². The Labute approximate surface area is 190 Å². The average molecular weight is 447 g/mol. The van der Waals surface area contributed by atoms with Crippen molar-refractivity contribution in [2.45, 2.75) is 40.5 Å². The summed E-state index contributed by atoms with van der Waals surface area (Å²) >= 11 is 0. The maximum Gasteiger partial charge on any atom is 0.340 e. The van der Waals surface area contributed by atoms with E-state index in [9.17, 15) is 14.4 Å². The molecule has 0 fully saturated rings. The lowest BCUT2D eigenvalue weighted by Gasteiger charge is -2.10. The highest BCUT2D eigenvalue weighted by molar-refractivity contribution is 6.07. The van der Waals surface area contributed by atoms with E-state index in [0.717, 1.165) is 27.5 Å². The molecule has 33 heavy (non-hydrogen) atoms. The minimum absolute atomic E-state index is 0.0788. The average Bonchev–Trinajstić information content (AvgIpc) is 3.14. The maximum atomic E-state index is 12.6. The molecule has 2 heterocycles. The van der Waals surface area contributed by atoms with E-state index in [2.05, 4.69) is 5.32 Å². The Kier molecular flexibility index (Phi) is 6.05. The van der Waals surface area contributed by atoms with Crippen molar-refractivity contribution in [1.29, 1.82) is 0 Å². The number of furan rings is 1. The van der Waals surface area contributed by atoms with Crippen LogP contribution in [0.4, 0.5) is 0 Å². The zero-order chi connectivity index (χ0) is 23.7. The minimum Gasteiger partial charge on any atom is -0.463 e. The summed E-state index contributed by atoms with van der Waals surface area (Å²) < 4.78 is 16.3. The zero-order valence-corrected chi connectivity index (χ0v) is 19.0. The highest BCUT2D eigenvalue weighted by atomic mass is 16.5. The monoisotopic (exact) mass is 447 g/mol. The summed E-state index contributed by atoms with van der Waals surface area (Å²) in [5.74, 6) is -0.161. The number of benzene rings is 2. The number of amides is 1. The van der Waals surface area contributed by atoms with Gasteiger partial charge in [0.05, 0.1) is 23.6 Å². The van der Waals surface area contributed by atoms with Crippen LogP contribution in [0, 0.1) is 20.8 Å². The lowest BCUT2D eigenvalue weighted by Crippen LogP contribution is -2.29. The molecule has 7 heteroatoms. The first kappa shape index (κ1) is 22.3. The van der Waals surface area contributed by atoms with Gasteiger partial charge in [-0.2, -0.15) is 0 Å². The first-order chi connectivity index (χ1) is 15.7. The van der Waals surface area contributed by atoms with Crippen LogP contribution in [0.1, 0.15) is 34.7 Å². The van der Waals surface area contributed by atoms with Crippen molar-refractivity contribution in [1.82, 2.24) is 5.32 Å². The molecule has 0 saturated heterocycles. The SMILES string of the molecule is CC(=O)Oc1ccc(CCNC(=O)Cc2c(C)c3c(cc(C)c4c(C)coc43)oc2=O)cc1. The molecule has 0 aliphatic carbocycles. The van der Waals surface area contributed by atoms with E-state index in [4.69, 9.17) is 13.6 Å². The fourth-order valence-corrected chi connectivity index (χ4v) is 4.14. The topological polar surface area (TPSA) is 98.8 Å². The molecular weight excluding hydrogens is 422 g/mol. The van der Waals surface area contributed by atoms with E-state index in [1.807, 2.05) is 39.0 Å². The van der Waals surface area contributed by atoms with Crippen molar-refractivity contribution >= 4 is 33.8 Å². The molecule has 170 valence electrons.